The van der Waals surface area contributed by atoms with E-state index in [0.717, 1.165) is 68.9 Å². The number of carbonyl (C=O) groups excluding carboxylic acids is 1. The van der Waals surface area contributed by atoms with Crippen molar-refractivity contribution >= 4 is 11.7 Å². The zero-order valence-corrected chi connectivity index (χ0v) is 17.1. The molecule has 7 heteroatoms. The van der Waals surface area contributed by atoms with Gasteiger partial charge in [-0.2, -0.15) is 5.10 Å². The number of pyridine rings is 1. The van der Waals surface area contributed by atoms with E-state index in [1.807, 2.05) is 25.1 Å². The summed E-state index contributed by atoms with van der Waals surface area (Å²) < 4.78 is 0. The molecule has 154 valence electrons. The van der Waals surface area contributed by atoms with Gasteiger partial charge in [-0.3, -0.25) is 14.7 Å². The molecule has 1 amide bonds. The van der Waals surface area contributed by atoms with Crippen LogP contribution < -0.4 is 10.2 Å². The Kier molecular flexibility index (Phi) is 6.34. The third kappa shape index (κ3) is 5.09. The Morgan fingerprint density at radius 2 is 2.00 bits per heavy atom. The lowest BCUT2D eigenvalue weighted by Crippen LogP contribution is -2.50. The monoisotopic (exact) mass is 394 g/mol. The topological polar surface area (TPSA) is 74.2 Å². The van der Waals surface area contributed by atoms with Crippen molar-refractivity contribution in [2.24, 2.45) is 5.92 Å². The van der Waals surface area contributed by atoms with Gasteiger partial charge in [-0.1, -0.05) is 6.07 Å². The van der Waals surface area contributed by atoms with Crippen LogP contribution in [0.3, 0.4) is 0 Å². The number of nitrogens with zero attached hydrogens (tertiary/aromatic N) is 5. The minimum absolute atomic E-state index is 0.0846. The average molecular weight is 395 g/mol. The predicted octanol–water partition coefficient (Wildman–Crippen LogP) is 2.18. The van der Waals surface area contributed by atoms with Crippen LogP contribution in [-0.4, -0.2) is 58.2 Å². The van der Waals surface area contributed by atoms with Crippen molar-refractivity contribution in [2.45, 2.75) is 45.2 Å². The quantitative estimate of drug-likeness (QED) is 0.838. The smallest absolute Gasteiger partial charge is 0.224 e. The molecule has 2 aromatic heterocycles. The summed E-state index contributed by atoms with van der Waals surface area (Å²) in [7, 11) is 0. The Hall–Kier alpha value is -2.54. The molecule has 4 rings (SSSR count). The third-order valence-corrected chi connectivity index (χ3v) is 6.10. The number of hydrogen-bond donors (Lipinski definition) is 1. The van der Waals surface area contributed by atoms with Crippen molar-refractivity contribution in [3.63, 3.8) is 0 Å². The van der Waals surface area contributed by atoms with E-state index < -0.39 is 0 Å². The largest absolute Gasteiger partial charge is 0.355 e. The van der Waals surface area contributed by atoms with Gasteiger partial charge in [0.15, 0.2) is 5.82 Å². The molecule has 1 atom stereocenters. The van der Waals surface area contributed by atoms with Crippen LogP contribution in [0.2, 0.25) is 0 Å². The SMILES string of the molecule is Cc1ccc(N2CCC(N3CCC[C@@H](C(=O)NCc4cccnc4)C3)CC2)nn1. The number of anilines is 1. The third-order valence-electron chi connectivity index (χ3n) is 6.10. The highest BCUT2D eigenvalue weighted by atomic mass is 16.1. The van der Waals surface area contributed by atoms with Crippen molar-refractivity contribution < 1.29 is 4.79 Å². The number of amides is 1. The molecule has 0 bridgehead atoms. The number of aromatic nitrogens is 3. The molecule has 2 fully saturated rings. The molecule has 0 radical (unpaired) electrons. The number of piperidine rings is 2. The molecule has 2 aromatic rings. The Labute approximate surface area is 172 Å². The minimum atomic E-state index is 0.0846. The van der Waals surface area contributed by atoms with Gasteiger partial charge >= 0.3 is 0 Å². The normalized spacial score (nSPS) is 21.1. The van der Waals surface area contributed by atoms with Gasteiger partial charge in [0.1, 0.15) is 0 Å². The summed E-state index contributed by atoms with van der Waals surface area (Å²) in [5.41, 5.74) is 1.99. The first kappa shape index (κ1) is 19.8. The van der Waals surface area contributed by atoms with E-state index in [4.69, 9.17) is 0 Å². The standard InChI is InChI=1S/C22H30N6O/c1-17-6-7-21(26-25-17)27-12-8-20(9-13-27)28-11-3-5-19(16-28)22(29)24-15-18-4-2-10-23-14-18/h2,4,6-7,10,14,19-20H,3,5,8-9,11-13,15-16H2,1H3,(H,24,29)/t19-/m1/s1. The maximum Gasteiger partial charge on any atom is 0.224 e. The maximum atomic E-state index is 12.7. The Morgan fingerprint density at radius 1 is 1.14 bits per heavy atom. The van der Waals surface area contributed by atoms with Gasteiger partial charge in [0, 0.05) is 44.6 Å². The summed E-state index contributed by atoms with van der Waals surface area (Å²) in [5, 5.41) is 11.6. The van der Waals surface area contributed by atoms with E-state index in [1.54, 1.807) is 12.4 Å². The first-order chi connectivity index (χ1) is 14.2. The van der Waals surface area contributed by atoms with Crippen molar-refractivity contribution in [3.05, 3.63) is 47.9 Å². The first-order valence-electron chi connectivity index (χ1n) is 10.6. The van der Waals surface area contributed by atoms with E-state index >= 15 is 0 Å². The van der Waals surface area contributed by atoms with E-state index in [-0.39, 0.29) is 11.8 Å². The van der Waals surface area contributed by atoms with Gasteiger partial charge in [0.25, 0.3) is 0 Å². The highest BCUT2D eigenvalue weighted by Gasteiger charge is 2.31. The Bertz CT molecular complexity index is 789. The lowest BCUT2D eigenvalue weighted by atomic mass is 9.93. The lowest BCUT2D eigenvalue weighted by molar-refractivity contribution is -0.127. The van der Waals surface area contributed by atoms with Crippen LogP contribution in [0.15, 0.2) is 36.7 Å². The molecule has 0 aromatic carbocycles. The van der Waals surface area contributed by atoms with Crippen molar-refractivity contribution in [1.82, 2.24) is 25.4 Å². The predicted molar refractivity (Wildman–Crippen MR) is 112 cm³/mol. The summed E-state index contributed by atoms with van der Waals surface area (Å²) in [4.78, 5) is 21.7. The van der Waals surface area contributed by atoms with Crippen molar-refractivity contribution in [3.8, 4) is 0 Å². The van der Waals surface area contributed by atoms with Gasteiger partial charge in [-0.15, -0.1) is 5.10 Å². The van der Waals surface area contributed by atoms with E-state index in [1.165, 1.54) is 0 Å². The second-order valence-corrected chi connectivity index (χ2v) is 8.16. The van der Waals surface area contributed by atoms with Crippen molar-refractivity contribution in [1.29, 1.82) is 0 Å². The molecule has 2 aliphatic rings. The average Bonchev–Trinajstić information content (AvgIpc) is 2.79. The molecular formula is C22H30N6O. The molecule has 4 heterocycles. The zero-order valence-electron chi connectivity index (χ0n) is 17.1. The number of hydrogen-bond acceptors (Lipinski definition) is 6. The lowest BCUT2D eigenvalue weighted by Gasteiger charge is -2.42. The summed E-state index contributed by atoms with van der Waals surface area (Å²) in [6.45, 7) is 6.48. The molecule has 0 aliphatic carbocycles. The summed E-state index contributed by atoms with van der Waals surface area (Å²) >= 11 is 0. The summed E-state index contributed by atoms with van der Waals surface area (Å²) in [6, 6.07) is 8.53. The number of carbonyl (C=O) groups is 1. The molecular weight excluding hydrogens is 364 g/mol. The number of nitrogens with one attached hydrogen (secondary N) is 1. The van der Waals surface area contributed by atoms with Crippen molar-refractivity contribution in [2.75, 3.05) is 31.1 Å². The highest BCUT2D eigenvalue weighted by Crippen LogP contribution is 2.25. The summed E-state index contributed by atoms with van der Waals surface area (Å²) in [5.74, 6) is 1.23. The fourth-order valence-corrected chi connectivity index (χ4v) is 4.41. The molecule has 0 spiro atoms. The van der Waals surface area contributed by atoms with Gasteiger partial charge < -0.3 is 10.2 Å². The van der Waals surface area contributed by atoms with Crippen LogP contribution >= 0.6 is 0 Å². The molecule has 7 nitrogen and oxygen atoms in total. The molecule has 29 heavy (non-hydrogen) atoms. The maximum absolute atomic E-state index is 12.7. The van der Waals surface area contributed by atoms with Crippen LogP contribution in [0.25, 0.3) is 0 Å². The molecule has 2 saturated heterocycles. The summed E-state index contributed by atoms with van der Waals surface area (Å²) in [6.07, 6.45) is 7.85. The van der Waals surface area contributed by atoms with Crippen LogP contribution in [0.5, 0.6) is 0 Å². The molecule has 0 saturated carbocycles. The fourth-order valence-electron chi connectivity index (χ4n) is 4.41. The molecule has 1 N–H and O–H groups in total. The van der Waals surface area contributed by atoms with Gasteiger partial charge in [0.05, 0.1) is 11.6 Å². The Balaban J connectivity index is 1.26. The zero-order chi connectivity index (χ0) is 20.1. The number of rotatable bonds is 5. The van der Waals surface area contributed by atoms with Gasteiger partial charge in [-0.05, 0) is 62.9 Å². The highest BCUT2D eigenvalue weighted by molar-refractivity contribution is 5.78. The van der Waals surface area contributed by atoms with Crippen LogP contribution in [0.4, 0.5) is 5.82 Å². The molecule has 2 aliphatic heterocycles. The minimum Gasteiger partial charge on any atom is -0.355 e. The number of likely N-dealkylation sites (tertiary alicyclic amines) is 1. The van der Waals surface area contributed by atoms with E-state index in [9.17, 15) is 4.79 Å². The molecule has 0 unspecified atom stereocenters. The second-order valence-electron chi connectivity index (χ2n) is 8.16. The van der Waals surface area contributed by atoms with Crippen LogP contribution in [-0.2, 0) is 11.3 Å². The van der Waals surface area contributed by atoms with E-state index in [0.29, 0.717) is 12.6 Å². The van der Waals surface area contributed by atoms with Gasteiger partial charge in [-0.25, -0.2) is 0 Å². The fraction of sp³-hybridized carbons (Fsp3) is 0.545. The van der Waals surface area contributed by atoms with Crippen LogP contribution in [0, 0.1) is 12.8 Å². The van der Waals surface area contributed by atoms with Gasteiger partial charge in [0.2, 0.25) is 5.91 Å². The first-order valence-corrected chi connectivity index (χ1v) is 10.6. The second kappa shape index (κ2) is 9.31. The Morgan fingerprint density at radius 3 is 2.72 bits per heavy atom. The number of aryl methyl sites for hydroxylation is 1. The van der Waals surface area contributed by atoms with Crippen LogP contribution in [0.1, 0.15) is 36.9 Å². The van der Waals surface area contributed by atoms with E-state index in [2.05, 4.69) is 36.4 Å².